The van der Waals surface area contributed by atoms with E-state index in [0.717, 1.165) is 0 Å². The molecule has 100 valence electrons. The maximum absolute atomic E-state index is 6.58. The molecule has 0 aromatic carbocycles. The summed E-state index contributed by atoms with van der Waals surface area (Å²) in [6, 6.07) is 0. The molecule has 1 fully saturated rings. The second kappa shape index (κ2) is 5.72. The Morgan fingerprint density at radius 1 is 1.18 bits per heavy atom. The minimum absolute atomic E-state index is 0.252. The van der Waals surface area contributed by atoms with Gasteiger partial charge in [-0.3, -0.25) is 0 Å². The summed E-state index contributed by atoms with van der Waals surface area (Å²) in [5, 5.41) is 0. The van der Waals surface area contributed by atoms with E-state index in [1.165, 1.54) is 25.7 Å². The lowest BCUT2D eigenvalue weighted by Gasteiger charge is -2.43. The lowest BCUT2D eigenvalue weighted by Crippen LogP contribution is -2.53. The average molecular weight is 287 g/mol. The van der Waals surface area contributed by atoms with Crippen molar-refractivity contribution >= 4 is 25.9 Å². The van der Waals surface area contributed by atoms with Gasteiger partial charge in [0.1, 0.15) is 0 Å². The Balaban J connectivity index is 2.90. The lowest BCUT2D eigenvalue weighted by atomic mass is 10.1. The SMILES string of the molecule is CCCCC1CC([Si](C)C)([Si](C)C)[Si](C)(C)O1. The summed E-state index contributed by atoms with van der Waals surface area (Å²) in [5.74, 6) is 0. The van der Waals surface area contributed by atoms with E-state index in [9.17, 15) is 0 Å². The molecule has 1 aliphatic heterocycles. The van der Waals surface area contributed by atoms with Crippen LogP contribution in [0.2, 0.25) is 43.6 Å². The molecular weight excluding hydrogens is 256 g/mol. The predicted molar refractivity (Wildman–Crippen MR) is 84.2 cm³/mol. The van der Waals surface area contributed by atoms with Gasteiger partial charge in [0.15, 0.2) is 8.32 Å². The van der Waals surface area contributed by atoms with E-state index in [1.54, 1.807) is 0 Å². The van der Waals surface area contributed by atoms with Crippen molar-refractivity contribution in [1.82, 2.24) is 0 Å². The van der Waals surface area contributed by atoms with Crippen LogP contribution in [0.15, 0.2) is 0 Å². The van der Waals surface area contributed by atoms with E-state index < -0.39 is 8.32 Å². The fourth-order valence-electron chi connectivity index (χ4n) is 3.85. The van der Waals surface area contributed by atoms with E-state index in [1.807, 2.05) is 0 Å². The van der Waals surface area contributed by atoms with Crippen LogP contribution in [0, 0.1) is 0 Å². The van der Waals surface area contributed by atoms with Gasteiger partial charge in [-0.2, -0.15) is 0 Å². The second-order valence-electron chi connectivity index (χ2n) is 6.50. The van der Waals surface area contributed by atoms with Gasteiger partial charge in [0.05, 0.1) is 0 Å². The van der Waals surface area contributed by atoms with Crippen LogP contribution in [-0.4, -0.2) is 32.0 Å². The van der Waals surface area contributed by atoms with E-state index in [2.05, 4.69) is 46.2 Å². The topological polar surface area (TPSA) is 9.23 Å². The van der Waals surface area contributed by atoms with Crippen LogP contribution in [0.1, 0.15) is 32.6 Å². The second-order valence-corrected chi connectivity index (χ2v) is 17.8. The van der Waals surface area contributed by atoms with Crippen LogP contribution in [0.3, 0.4) is 0 Å². The molecular formula is C13H30OSi3. The van der Waals surface area contributed by atoms with Crippen LogP contribution in [0.25, 0.3) is 0 Å². The predicted octanol–water partition coefficient (Wildman–Crippen LogP) is 4.50. The minimum Gasteiger partial charge on any atom is -0.415 e. The summed E-state index contributed by atoms with van der Waals surface area (Å²) in [5.41, 5.74) is 0. The van der Waals surface area contributed by atoms with Gasteiger partial charge in [-0.25, -0.2) is 0 Å². The fraction of sp³-hybridized carbons (Fsp3) is 1.00. The third-order valence-electron chi connectivity index (χ3n) is 4.61. The third kappa shape index (κ3) is 2.80. The molecule has 1 rings (SSSR count). The monoisotopic (exact) mass is 286 g/mol. The fourth-order valence-corrected chi connectivity index (χ4v) is 21.1. The van der Waals surface area contributed by atoms with Crippen molar-refractivity contribution in [3.63, 3.8) is 0 Å². The van der Waals surface area contributed by atoms with Gasteiger partial charge in [-0.1, -0.05) is 46.0 Å². The summed E-state index contributed by atoms with van der Waals surface area (Å²) < 4.78 is 7.26. The van der Waals surface area contributed by atoms with Crippen molar-refractivity contribution in [1.29, 1.82) is 0 Å². The molecule has 0 aromatic heterocycles. The van der Waals surface area contributed by atoms with Crippen molar-refractivity contribution in [2.24, 2.45) is 0 Å². The molecule has 0 N–H and O–H groups in total. The van der Waals surface area contributed by atoms with Crippen LogP contribution >= 0.6 is 0 Å². The minimum atomic E-state index is -1.47. The Labute approximate surface area is 113 Å². The highest BCUT2D eigenvalue weighted by atomic mass is 28.4. The van der Waals surface area contributed by atoms with Crippen molar-refractivity contribution in [2.45, 2.75) is 82.3 Å². The first kappa shape index (κ1) is 15.7. The maximum atomic E-state index is 6.58. The van der Waals surface area contributed by atoms with Crippen LogP contribution in [0.4, 0.5) is 0 Å². The molecule has 0 bridgehead atoms. The summed E-state index contributed by atoms with van der Waals surface area (Å²) in [7, 11) is -1.97. The Kier molecular flexibility index (Phi) is 5.27. The lowest BCUT2D eigenvalue weighted by molar-refractivity contribution is 0.208. The van der Waals surface area contributed by atoms with Crippen molar-refractivity contribution in [3.05, 3.63) is 0 Å². The van der Waals surface area contributed by atoms with E-state index >= 15 is 0 Å². The molecule has 0 saturated carbocycles. The quantitative estimate of drug-likeness (QED) is 0.676. The highest BCUT2D eigenvalue weighted by Crippen LogP contribution is 2.54. The Morgan fingerprint density at radius 2 is 1.71 bits per heavy atom. The van der Waals surface area contributed by atoms with Crippen molar-refractivity contribution in [3.8, 4) is 0 Å². The van der Waals surface area contributed by atoms with E-state index in [4.69, 9.17) is 4.43 Å². The number of hydrogen-bond acceptors (Lipinski definition) is 1. The first-order valence-electron chi connectivity index (χ1n) is 7.07. The van der Waals surface area contributed by atoms with Gasteiger partial charge >= 0.3 is 0 Å². The molecule has 1 atom stereocenters. The zero-order valence-electron chi connectivity index (χ0n) is 12.8. The molecule has 4 heteroatoms. The van der Waals surface area contributed by atoms with Gasteiger partial charge < -0.3 is 4.43 Å². The van der Waals surface area contributed by atoms with Crippen LogP contribution in [-0.2, 0) is 4.43 Å². The van der Waals surface area contributed by atoms with Gasteiger partial charge in [0.2, 0.25) is 0 Å². The highest BCUT2D eigenvalue weighted by molar-refractivity contribution is 7.03. The van der Waals surface area contributed by atoms with E-state index in [-0.39, 0.29) is 17.6 Å². The van der Waals surface area contributed by atoms with Crippen molar-refractivity contribution in [2.75, 3.05) is 0 Å². The van der Waals surface area contributed by atoms with Gasteiger partial charge in [0, 0.05) is 23.7 Å². The zero-order chi connectivity index (χ0) is 13.3. The Bertz CT molecular complexity index is 243. The van der Waals surface area contributed by atoms with Crippen LogP contribution < -0.4 is 0 Å². The molecule has 1 saturated heterocycles. The summed E-state index contributed by atoms with van der Waals surface area (Å²) in [6.07, 6.45) is 5.95. The first-order valence-corrected chi connectivity index (χ1v) is 15.0. The molecule has 1 heterocycles. The van der Waals surface area contributed by atoms with Gasteiger partial charge in [-0.05, 0) is 30.2 Å². The van der Waals surface area contributed by atoms with Crippen LogP contribution in [0.5, 0.6) is 0 Å². The first-order chi connectivity index (χ1) is 7.78. The average Bonchev–Trinajstić information content (AvgIpc) is 2.47. The molecule has 0 spiro atoms. The summed E-state index contributed by atoms with van der Waals surface area (Å²) in [6.45, 7) is 17.4. The molecule has 0 aromatic rings. The highest BCUT2D eigenvalue weighted by Gasteiger charge is 2.59. The number of hydrogen-bond donors (Lipinski definition) is 0. The zero-order valence-corrected chi connectivity index (χ0v) is 15.8. The standard InChI is InChI=1S/C13H30OSi3/c1-8-9-10-12-11-13(15(2)3,16(4)5)17(6,7)14-12/h12H,8-11H2,1-7H3. The number of rotatable bonds is 5. The maximum Gasteiger partial charge on any atom is 0.187 e. The molecule has 0 amide bonds. The molecule has 17 heavy (non-hydrogen) atoms. The van der Waals surface area contributed by atoms with E-state index in [0.29, 0.717) is 10.4 Å². The number of unbranched alkanes of at least 4 members (excludes halogenated alkanes) is 1. The van der Waals surface area contributed by atoms with Gasteiger partial charge in [-0.15, -0.1) is 0 Å². The smallest absolute Gasteiger partial charge is 0.187 e. The Morgan fingerprint density at radius 3 is 2.06 bits per heavy atom. The molecule has 1 unspecified atom stereocenters. The van der Waals surface area contributed by atoms with Gasteiger partial charge in [0.25, 0.3) is 0 Å². The largest absolute Gasteiger partial charge is 0.415 e. The van der Waals surface area contributed by atoms with Crippen molar-refractivity contribution < 1.29 is 4.43 Å². The molecule has 2 radical (unpaired) electrons. The summed E-state index contributed by atoms with van der Waals surface area (Å²) in [4.78, 5) is 0. The normalized spacial score (nSPS) is 27.0. The third-order valence-corrected chi connectivity index (χ3v) is 21.2. The molecule has 1 nitrogen and oxygen atoms in total. The summed E-state index contributed by atoms with van der Waals surface area (Å²) >= 11 is 0. The molecule has 0 aliphatic carbocycles. The molecule has 1 aliphatic rings. The Hall–Kier alpha value is 0.611.